The predicted octanol–water partition coefficient (Wildman–Crippen LogP) is 8.07. The molecule has 5 heteroatoms. The van der Waals surface area contributed by atoms with Crippen molar-refractivity contribution in [3.8, 4) is 0 Å². The van der Waals surface area contributed by atoms with Crippen molar-refractivity contribution >= 4 is 17.3 Å². The molecule has 0 fully saturated rings. The molecule has 33 heavy (non-hydrogen) atoms. The van der Waals surface area contributed by atoms with Crippen molar-refractivity contribution in [1.29, 1.82) is 0 Å². The van der Waals surface area contributed by atoms with Crippen molar-refractivity contribution in [3.63, 3.8) is 0 Å². The zero-order chi connectivity index (χ0) is 24.3. The normalized spacial score (nSPS) is 11.5. The second-order valence-electron chi connectivity index (χ2n) is 10.7. The molecule has 192 valence electrons. The Kier molecular flexibility index (Phi) is 16.9. The van der Waals surface area contributed by atoms with Crippen LogP contribution < -0.4 is 16.0 Å². The van der Waals surface area contributed by atoms with Crippen LogP contribution in [-0.2, 0) is 0 Å². The molecule has 1 aromatic heterocycles. The molecule has 1 rings (SSSR count). The van der Waals surface area contributed by atoms with Gasteiger partial charge in [-0.2, -0.15) is 0 Å². The standard InChI is InChI=1S/C28H55N5/c1-6-7-8-9-10-11-12-13-14-15-16-17-18-19-20-30-27-26(29)28(32-23-31-27)33(21-24(2)3)22-25(4)5/h23-25H,6-22,29H2,1-5H3,(H,30,31,32). The Morgan fingerprint density at radius 3 is 1.64 bits per heavy atom. The van der Waals surface area contributed by atoms with Crippen LogP contribution in [0.5, 0.6) is 0 Å². The number of nitrogens with two attached hydrogens (primary N) is 1. The molecular formula is C28H55N5. The Hall–Kier alpha value is -1.52. The van der Waals surface area contributed by atoms with Gasteiger partial charge in [0.2, 0.25) is 0 Å². The average Bonchev–Trinajstić information content (AvgIpc) is 2.76. The minimum absolute atomic E-state index is 0.560. The maximum absolute atomic E-state index is 6.47. The van der Waals surface area contributed by atoms with Gasteiger partial charge in [0, 0.05) is 19.6 Å². The van der Waals surface area contributed by atoms with Crippen LogP contribution in [0.4, 0.5) is 17.3 Å². The molecule has 0 radical (unpaired) electrons. The van der Waals surface area contributed by atoms with E-state index in [9.17, 15) is 0 Å². The molecule has 0 atom stereocenters. The molecular weight excluding hydrogens is 406 g/mol. The molecule has 1 heterocycles. The van der Waals surface area contributed by atoms with Crippen LogP contribution in [0.15, 0.2) is 6.33 Å². The first kappa shape index (κ1) is 29.5. The molecule has 0 spiro atoms. The summed E-state index contributed by atoms with van der Waals surface area (Å²) in [6.45, 7) is 14.1. The summed E-state index contributed by atoms with van der Waals surface area (Å²) in [4.78, 5) is 11.2. The molecule has 3 N–H and O–H groups in total. The number of hydrogen-bond donors (Lipinski definition) is 2. The topological polar surface area (TPSA) is 67.1 Å². The number of rotatable bonds is 21. The maximum atomic E-state index is 6.47. The molecule has 0 aromatic carbocycles. The highest BCUT2D eigenvalue weighted by atomic mass is 15.2. The van der Waals surface area contributed by atoms with Gasteiger partial charge >= 0.3 is 0 Å². The van der Waals surface area contributed by atoms with E-state index in [0.717, 1.165) is 37.7 Å². The lowest BCUT2D eigenvalue weighted by atomic mass is 10.0. The number of nitrogens with one attached hydrogen (secondary N) is 1. The minimum atomic E-state index is 0.560. The third kappa shape index (κ3) is 14.4. The van der Waals surface area contributed by atoms with Gasteiger partial charge in [0.15, 0.2) is 11.6 Å². The lowest BCUT2D eigenvalue weighted by Gasteiger charge is -2.28. The van der Waals surface area contributed by atoms with Gasteiger partial charge in [-0.15, -0.1) is 0 Å². The Balaban J connectivity index is 2.18. The van der Waals surface area contributed by atoms with Crippen LogP contribution in [0.2, 0.25) is 0 Å². The number of nitrogens with zero attached hydrogens (tertiary/aromatic N) is 3. The maximum Gasteiger partial charge on any atom is 0.157 e. The van der Waals surface area contributed by atoms with E-state index in [4.69, 9.17) is 5.73 Å². The molecule has 0 saturated carbocycles. The fourth-order valence-corrected chi connectivity index (χ4v) is 4.43. The van der Waals surface area contributed by atoms with Crippen LogP contribution >= 0.6 is 0 Å². The smallest absolute Gasteiger partial charge is 0.157 e. The van der Waals surface area contributed by atoms with Crippen LogP contribution in [0.1, 0.15) is 125 Å². The summed E-state index contributed by atoms with van der Waals surface area (Å²) in [7, 11) is 0. The van der Waals surface area contributed by atoms with Crippen molar-refractivity contribution in [3.05, 3.63) is 6.33 Å². The summed E-state index contributed by atoms with van der Waals surface area (Å²) in [5.41, 5.74) is 7.15. The highest BCUT2D eigenvalue weighted by molar-refractivity contribution is 5.74. The molecule has 0 aliphatic rings. The van der Waals surface area contributed by atoms with Crippen molar-refractivity contribution < 1.29 is 0 Å². The summed E-state index contributed by atoms with van der Waals surface area (Å²) in [5.74, 6) is 2.78. The monoisotopic (exact) mass is 461 g/mol. The van der Waals surface area contributed by atoms with E-state index in [1.807, 2.05) is 0 Å². The van der Waals surface area contributed by atoms with Crippen LogP contribution in [0.25, 0.3) is 0 Å². The minimum Gasteiger partial charge on any atom is -0.393 e. The Bertz CT molecular complexity index is 578. The van der Waals surface area contributed by atoms with Crippen molar-refractivity contribution in [1.82, 2.24) is 9.97 Å². The fraction of sp³-hybridized carbons (Fsp3) is 0.857. The number of anilines is 3. The van der Waals surface area contributed by atoms with Gasteiger partial charge in [-0.1, -0.05) is 118 Å². The van der Waals surface area contributed by atoms with Gasteiger partial charge in [0.1, 0.15) is 12.0 Å². The first-order valence-corrected chi connectivity index (χ1v) is 14.0. The third-order valence-corrected chi connectivity index (χ3v) is 6.16. The van der Waals surface area contributed by atoms with Crippen LogP contribution in [-0.4, -0.2) is 29.6 Å². The number of hydrogen-bond acceptors (Lipinski definition) is 5. The molecule has 0 aliphatic carbocycles. The molecule has 0 amide bonds. The first-order valence-electron chi connectivity index (χ1n) is 14.0. The SMILES string of the molecule is CCCCCCCCCCCCCCCCNc1ncnc(N(CC(C)C)CC(C)C)c1N. The summed E-state index contributed by atoms with van der Waals surface area (Å²) >= 11 is 0. The summed E-state index contributed by atoms with van der Waals surface area (Å²) < 4.78 is 0. The predicted molar refractivity (Wildman–Crippen MR) is 147 cm³/mol. The van der Waals surface area contributed by atoms with Crippen molar-refractivity contribution in [2.24, 2.45) is 11.8 Å². The van der Waals surface area contributed by atoms with Gasteiger partial charge in [0.25, 0.3) is 0 Å². The van der Waals surface area contributed by atoms with Crippen molar-refractivity contribution in [2.75, 3.05) is 35.6 Å². The van der Waals surface area contributed by atoms with Crippen LogP contribution in [0, 0.1) is 11.8 Å². The number of aromatic nitrogens is 2. The second kappa shape index (κ2) is 18.9. The zero-order valence-electron chi connectivity index (χ0n) is 22.7. The second-order valence-corrected chi connectivity index (χ2v) is 10.7. The first-order chi connectivity index (χ1) is 16.0. The van der Waals surface area contributed by atoms with E-state index in [-0.39, 0.29) is 0 Å². The Labute approximate surface area is 205 Å². The molecule has 0 bridgehead atoms. The van der Waals surface area contributed by atoms with Gasteiger partial charge in [-0.25, -0.2) is 9.97 Å². The molecule has 0 unspecified atom stereocenters. The van der Waals surface area contributed by atoms with E-state index in [2.05, 4.69) is 54.8 Å². The zero-order valence-corrected chi connectivity index (χ0v) is 22.7. The molecule has 5 nitrogen and oxygen atoms in total. The van der Waals surface area contributed by atoms with Gasteiger partial charge in [-0.3, -0.25) is 0 Å². The quantitative estimate of drug-likeness (QED) is 0.181. The van der Waals surface area contributed by atoms with Gasteiger partial charge < -0.3 is 16.0 Å². The fourth-order valence-electron chi connectivity index (χ4n) is 4.43. The van der Waals surface area contributed by atoms with E-state index < -0.39 is 0 Å². The van der Waals surface area contributed by atoms with E-state index in [1.54, 1.807) is 6.33 Å². The number of nitrogen functional groups attached to an aromatic ring is 1. The molecule has 0 aliphatic heterocycles. The summed E-state index contributed by atoms with van der Waals surface area (Å²) in [6.07, 6.45) is 21.0. The lowest BCUT2D eigenvalue weighted by Crippen LogP contribution is -2.33. The third-order valence-electron chi connectivity index (χ3n) is 6.16. The lowest BCUT2D eigenvalue weighted by molar-refractivity contribution is 0.537. The van der Waals surface area contributed by atoms with Crippen LogP contribution in [0.3, 0.4) is 0 Å². The average molecular weight is 462 g/mol. The molecule has 0 saturated heterocycles. The molecule has 1 aromatic rings. The summed E-state index contributed by atoms with van der Waals surface area (Å²) in [6, 6.07) is 0. The van der Waals surface area contributed by atoms with Gasteiger partial charge in [-0.05, 0) is 18.3 Å². The summed E-state index contributed by atoms with van der Waals surface area (Å²) in [5, 5.41) is 3.46. The van der Waals surface area contributed by atoms with Crippen molar-refractivity contribution in [2.45, 2.75) is 125 Å². The van der Waals surface area contributed by atoms with E-state index in [1.165, 1.54) is 83.5 Å². The van der Waals surface area contributed by atoms with E-state index >= 15 is 0 Å². The van der Waals surface area contributed by atoms with E-state index in [0.29, 0.717) is 17.5 Å². The largest absolute Gasteiger partial charge is 0.393 e. The highest BCUT2D eigenvalue weighted by Gasteiger charge is 2.17. The Morgan fingerprint density at radius 1 is 0.727 bits per heavy atom. The van der Waals surface area contributed by atoms with Gasteiger partial charge in [0.05, 0.1) is 0 Å². The number of unbranched alkanes of at least 4 members (excludes halogenated alkanes) is 13. The highest BCUT2D eigenvalue weighted by Crippen LogP contribution is 2.27. The Morgan fingerprint density at radius 2 is 1.18 bits per heavy atom.